The molecule has 1 aromatic rings. The minimum absolute atomic E-state index is 0.181. The zero-order valence-corrected chi connectivity index (χ0v) is 10.9. The van der Waals surface area contributed by atoms with Crippen LogP contribution in [0, 0.1) is 6.92 Å². The number of likely N-dealkylation sites (N-methyl/N-ethyl adjacent to an activating group) is 1. The van der Waals surface area contributed by atoms with Gasteiger partial charge in [-0.3, -0.25) is 4.79 Å². The molecule has 0 aliphatic carbocycles. The molecule has 3 heteroatoms. The zero-order chi connectivity index (χ0) is 12.7. The molecule has 0 aromatic heterocycles. The van der Waals surface area contributed by atoms with E-state index in [1.54, 1.807) is 4.90 Å². The van der Waals surface area contributed by atoms with Crippen LogP contribution < -0.4 is 4.74 Å². The number of carbonyl (C=O) groups excluding carboxylic acids is 1. The predicted octanol–water partition coefficient (Wildman–Crippen LogP) is 2.63. The quantitative estimate of drug-likeness (QED) is 0.758. The molecule has 0 saturated heterocycles. The van der Waals surface area contributed by atoms with E-state index in [-0.39, 0.29) is 5.91 Å². The fourth-order valence-electron chi connectivity index (χ4n) is 1.46. The Morgan fingerprint density at radius 2 is 1.94 bits per heavy atom. The predicted molar refractivity (Wildman–Crippen MR) is 69.2 cm³/mol. The van der Waals surface area contributed by atoms with Crippen molar-refractivity contribution in [1.82, 2.24) is 4.90 Å². The molecule has 0 unspecified atom stereocenters. The van der Waals surface area contributed by atoms with Crippen LogP contribution in [0.25, 0.3) is 0 Å². The molecular formula is C14H21NO2. The second-order valence-corrected chi connectivity index (χ2v) is 4.23. The van der Waals surface area contributed by atoms with E-state index >= 15 is 0 Å². The Bertz CT molecular complexity index is 346. The molecule has 1 aromatic carbocycles. The molecule has 0 atom stereocenters. The number of hydrogen-bond acceptors (Lipinski definition) is 2. The Morgan fingerprint density at radius 1 is 1.29 bits per heavy atom. The molecule has 0 radical (unpaired) electrons. The average Bonchev–Trinajstić information content (AvgIpc) is 2.32. The second kappa shape index (κ2) is 6.94. The zero-order valence-electron chi connectivity index (χ0n) is 10.9. The van der Waals surface area contributed by atoms with E-state index in [2.05, 4.69) is 0 Å². The van der Waals surface area contributed by atoms with E-state index in [4.69, 9.17) is 4.74 Å². The highest BCUT2D eigenvalue weighted by atomic mass is 16.5. The van der Waals surface area contributed by atoms with Crippen molar-refractivity contribution < 1.29 is 9.53 Å². The van der Waals surface area contributed by atoms with E-state index in [9.17, 15) is 4.79 Å². The van der Waals surface area contributed by atoms with Crippen LogP contribution in [0.2, 0.25) is 0 Å². The normalized spacial score (nSPS) is 10.1. The van der Waals surface area contributed by atoms with Gasteiger partial charge >= 0.3 is 0 Å². The van der Waals surface area contributed by atoms with Crippen LogP contribution in [0.1, 0.15) is 25.3 Å². The summed E-state index contributed by atoms with van der Waals surface area (Å²) in [6, 6.07) is 7.93. The first-order chi connectivity index (χ1) is 8.13. The van der Waals surface area contributed by atoms with Crippen molar-refractivity contribution in [3.63, 3.8) is 0 Å². The lowest BCUT2D eigenvalue weighted by molar-refractivity contribution is -0.130. The van der Waals surface area contributed by atoms with E-state index in [0.29, 0.717) is 19.6 Å². The van der Waals surface area contributed by atoms with Crippen LogP contribution in [0.3, 0.4) is 0 Å². The summed E-state index contributed by atoms with van der Waals surface area (Å²) in [5, 5.41) is 0. The van der Waals surface area contributed by atoms with Gasteiger partial charge < -0.3 is 9.64 Å². The Morgan fingerprint density at radius 3 is 2.53 bits per heavy atom. The van der Waals surface area contributed by atoms with Gasteiger partial charge in [0.2, 0.25) is 5.91 Å². The molecule has 0 saturated carbocycles. The Balaban J connectivity index is 2.27. The highest BCUT2D eigenvalue weighted by Gasteiger charge is 2.06. The summed E-state index contributed by atoms with van der Waals surface area (Å²) >= 11 is 0. The SMILES string of the molecule is CCCC(=O)N(C)CCOc1ccc(C)cc1. The number of aryl methyl sites for hydroxylation is 1. The van der Waals surface area contributed by atoms with E-state index in [0.717, 1.165) is 12.2 Å². The number of hydrogen-bond donors (Lipinski definition) is 0. The van der Waals surface area contributed by atoms with Gasteiger partial charge in [0.05, 0.1) is 6.54 Å². The largest absolute Gasteiger partial charge is 0.492 e. The van der Waals surface area contributed by atoms with Gasteiger partial charge in [-0.15, -0.1) is 0 Å². The first kappa shape index (κ1) is 13.6. The van der Waals surface area contributed by atoms with Crippen molar-refractivity contribution in [3.8, 4) is 5.75 Å². The van der Waals surface area contributed by atoms with Gasteiger partial charge in [-0.05, 0) is 25.5 Å². The maximum atomic E-state index is 11.5. The highest BCUT2D eigenvalue weighted by molar-refractivity contribution is 5.75. The third-order valence-electron chi connectivity index (χ3n) is 2.61. The summed E-state index contributed by atoms with van der Waals surface area (Å²) in [4.78, 5) is 13.2. The third-order valence-corrected chi connectivity index (χ3v) is 2.61. The monoisotopic (exact) mass is 235 g/mol. The number of rotatable bonds is 6. The van der Waals surface area contributed by atoms with Crippen molar-refractivity contribution >= 4 is 5.91 Å². The number of benzene rings is 1. The topological polar surface area (TPSA) is 29.5 Å². The standard InChI is InChI=1S/C14H21NO2/c1-4-5-14(16)15(3)10-11-17-13-8-6-12(2)7-9-13/h6-9H,4-5,10-11H2,1-3H3. The van der Waals surface area contributed by atoms with Crippen molar-refractivity contribution in [1.29, 1.82) is 0 Å². The first-order valence-corrected chi connectivity index (χ1v) is 6.07. The molecule has 1 amide bonds. The van der Waals surface area contributed by atoms with Gasteiger partial charge in [0.25, 0.3) is 0 Å². The van der Waals surface area contributed by atoms with Crippen LogP contribution in [0.5, 0.6) is 5.75 Å². The summed E-state index contributed by atoms with van der Waals surface area (Å²) < 4.78 is 5.57. The molecule has 0 aliphatic rings. The van der Waals surface area contributed by atoms with Crippen molar-refractivity contribution in [3.05, 3.63) is 29.8 Å². The molecule has 0 bridgehead atoms. The van der Waals surface area contributed by atoms with Gasteiger partial charge in [0.1, 0.15) is 12.4 Å². The Labute approximate surface area is 103 Å². The molecule has 94 valence electrons. The number of amides is 1. The van der Waals surface area contributed by atoms with E-state index in [1.807, 2.05) is 45.2 Å². The molecule has 0 fully saturated rings. The summed E-state index contributed by atoms with van der Waals surface area (Å²) in [6.07, 6.45) is 1.50. The fraction of sp³-hybridized carbons (Fsp3) is 0.500. The lowest BCUT2D eigenvalue weighted by atomic mass is 10.2. The lowest BCUT2D eigenvalue weighted by Gasteiger charge is -2.17. The summed E-state index contributed by atoms with van der Waals surface area (Å²) in [6.45, 7) is 5.22. The Kier molecular flexibility index (Phi) is 5.53. The van der Waals surface area contributed by atoms with Gasteiger partial charge in [0.15, 0.2) is 0 Å². The summed E-state index contributed by atoms with van der Waals surface area (Å²) in [5.74, 6) is 1.03. The molecule has 3 nitrogen and oxygen atoms in total. The van der Waals surface area contributed by atoms with Gasteiger partial charge in [0, 0.05) is 13.5 Å². The lowest BCUT2D eigenvalue weighted by Crippen LogP contribution is -2.30. The molecule has 0 N–H and O–H groups in total. The van der Waals surface area contributed by atoms with Crippen LogP contribution in [-0.2, 0) is 4.79 Å². The maximum absolute atomic E-state index is 11.5. The summed E-state index contributed by atoms with van der Waals surface area (Å²) in [7, 11) is 1.82. The number of ether oxygens (including phenoxy) is 1. The van der Waals surface area contributed by atoms with Gasteiger partial charge in [-0.2, -0.15) is 0 Å². The fourth-order valence-corrected chi connectivity index (χ4v) is 1.46. The number of nitrogens with zero attached hydrogens (tertiary/aromatic N) is 1. The molecule has 17 heavy (non-hydrogen) atoms. The Hall–Kier alpha value is -1.51. The first-order valence-electron chi connectivity index (χ1n) is 6.07. The minimum atomic E-state index is 0.181. The number of carbonyl (C=O) groups is 1. The highest BCUT2D eigenvalue weighted by Crippen LogP contribution is 2.11. The molecular weight excluding hydrogens is 214 g/mol. The van der Waals surface area contributed by atoms with Crippen molar-refractivity contribution in [2.45, 2.75) is 26.7 Å². The molecule has 0 heterocycles. The van der Waals surface area contributed by atoms with Crippen molar-refractivity contribution in [2.75, 3.05) is 20.2 Å². The third kappa shape index (κ3) is 4.89. The van der Waals surface area contributed by atoms with Gasteiger partial charge in [-0.25, -0.2) is 0 Å². The smallest absolute Gasteiger partial charge is 0.222 e. The summed E-state index contributed by atoms with van der Waals surface area (Å²) in [5.41, 5.74) is 1.22. The van der Waals surface area contributed by atoms with Crippen molar-refractivity contribution in [2.24, 2.45) is 0 Å². The van der Waals surface area contributed by atoms with Crippen LogP contribution >= 0.6 is 0 Å². The van der Waals surface area contributed by atoms with Crippen LogP contribution in [0.4, 0.5) is 0 Å². The maximum Gasteiger partial charge on any atom is 0.222 e. The molecule has 0 spiro atoms. The van der Waals surface area contributed by atoms with Crippen LogP contribution in [-0.4, -0.2) is 31.0 Å². The minimum Gasteiger partial charge on any atom is -0.492 e. The van der Waals surface area contributed by atoms with E-state index in [1.165, 1.54) is 5.56 Å². The molecule has 1 rings (SSSR count). The molecule has 0 aliphatic heterocycles. The average molecular weight is 235 g/mol. The van der Waals surface area contributed by atoms with Crippen LogP contribution in [0.15, 0.2) is 24.3 Å². The van der Waals surface area contributed by atoms with E-state index < -0.39 is 0 Å². The van der Waals surface area contributed by atoms with Gasteiger partial charge in [-0.1, -0.05) is 24.6 Å². The second-order valence-electron chi connectivity index (χ2n) is 4.23.